The predicted octanol–water partition coefficient (Wildman–Crippen LogP) is 1.19. The molecule has 0 N–H and O–H groups in total. The zero-order chi connectivity index (χ0) is 15.7. The number of ether oxygens (including phenoxy) is 2. The van der Waals surface area contributed by atoms with Crippen LogP contribution in [-0.4, -0.2) is 48.6 Å². The SMILES string of the molecule is COC(CCn1nccc1B1OC(C)(C)C(C)(C)O1)OC. The van der Waals surface area contributed by atoms with Crippen molar-refractivity contribution in [2.24, 2.45) is 0 Å². The lowest BCUT2D eigenvalue weighted by Gasteiger charge is -2.32. The van der Waals surface area contributed by atoms with E-state index in [9.17, 15) is 0 Å². The van der Waals surface area contributed by atoms with E-state index in [-0.39, 0.29) is 17.5 Å². The summed E-state index contributed by atoms with van der Waals surface area (Å²) in [7, 11) is 2.86. The lowest BCUT2D eigenvalue weighted by Crippen LogP contribution is -2.41. The summed E-state index contributed by atoms with van der Waals surface area (Å²) in [6.45, 7) is 8.84. The minimum absolute atomic E-state index is 0.236. The van der Waals surface area contributed by atoms with Crippen molar-refractivity contribution in [3.05, 3.63) is 12.3 Å². The molecule has 0 spiro atoms. The van der Waals surface area contributed by atoms with Crippen molar-refractivity contribution in [1.29, 1.82) is 0 Å². The number of hydrogen-bond acceptors (Lipinski definition) is 5. The van der Waals surface area contributed by atoms with E-state index in [4.69, 9.17) is 18.8 Å². The summed E-state index contributed by atoms with van der Waals surface area (Å²) in [4.78, 5) is 0. The summed E-state index contributed by atoms with van der Waals surface area (Å²) in [5.41, 5.74) is 0.211. The molecule has 0 atom stereocenters. The van der Waals surface area contributed by atoms with Gasteiger partial charge in [0, 0.05) is 33.4 Å². The van der Waals surface area contributed by atoms with E-state index in [0.717, 1.165) is 5.59 Å². The molecule has 21 heavy (non-hydrogen) atoms. The smallest absolute Gasteiger partial charge is 0.398 e. The van der Waals surface area contributed by atoms with Crippen molar-refractivity contribution in [2.75, 3.05) is 14.2 Å². The fourth-order valence-corrected chi connectivity index (χ4v) is 2.25. The van der Waals surface area contributed by atoms with E-state index in [1.807, 2.05) is 38.4 Å². The molecule has 6 nitrogen and oxygen atoms in total. The van der Waals surface area contributed by atoms with E-state index in [1.54, 1.807) is 20.4 Å². The molecule has 1 aliphatic heterocycles. The van der Waals surface area contributed by atoms with Crippen LogP contribution >= 0.6 is 0 Å². The van der Waals surface area contributed by atoms with Gasteiger partial charge in [-0.3, -0.25) is 4.68 Å². The van der Waals surface area contributed by atoms with Gasteiger partial charge in [-0.15, -0.1) is 0 Å². The lowest BCUT2D eigenvalue weighted by atomic mass is 9.84. The summed E-state index contributed by atoms with van der Waals surface area (Å²) in [6.07, 6.45) is 2.23. The number of methoxy groups -OCH3 is 2. The molecule has 1 aromatic rings. The first kappa shape index (κ1) is 16.5. The Hall–Kier alpha value is -0.885. The Bertz CT molecular complexity index is 455. The first-order valence-corrected chi connectivity index (χ1v) is 7.23. The number of hydrogen-bond donors (Lipinski definition) is 0. The van der Waals surface area contributed by atoms with E-state index >= 15 is 0 Å². The second-order valence-electron chi connectivity index (χ2n) is 6.26. The van der Waals surface area contributed by atoms with E-state index in [1.165, 1.54) is 0 Å². The summed E-state index contributed by atoms with van der Waals surface area (Å²) in [5, 5.41) is 4.34. The number of aryl methyl sites for hydroxylation is 1. The Morgan fingerprint density at radius 2 is 1.76 bits per heavy atom. The van der Waals surface area contributed by atoms with Crippen molar-refractivity contribution in [3.63, 3.8) is 0 Å². The molecule has 1 aromatic heterocycles. The maximum atomic E-state index is 6.06. The summed E-state index contributed by atoms with van der Waals surface area (Å²) in [6, 6.07) is 1.93. The zero-order valence-corrected chi connectivity index (χ0v) is 13.8. The Morgan fingerprint density at radius 1 is 1.19 bits per heavy atom. The molecule has 0 aliphatic carbocycles. The summed E-state index contributed by atoms with van der Waals surface area (Å²) >= 11 is 0. The molecule has 2 rings (SSSR count). The predicted molar refractivity (Wildman–Crippen MR) is 80.4 cm³/mol. The number of aromatic nitrogens is 2. The second-order valence-corrected chi connectivity index (χ2v) is 6.26. The molecule has 0 aromatic carbocycles. The van der Waals surface area contributed by atoms with Crippen LogP contribution in [0.25, 0.3) is 0 Å². The van der Waals surface area contributed by atoms with Gasteiger partial charge in [-0.2, -0.15) is 5.10 Å². The maximum Gasteiger partial charge on any atom is 0.514 e. The first-order valence-electron chi connectivity index (χ1n) is 7.23. The third kappa shape index (κ3) is 3.31. The summed E-state index contributed by atoms with van der Waals surface area (Å²) in [5.74, 6) is 0. The van der Waals surface area contributed by atoms with Crippen molar-refractivity contribution in [2.45, 2.75) is 58.2 Å². The monoisotopic (exact) mass is 296 g/mol. The fourth-order valence-electron chi connectivity index (χ4n) is 2.25. The van der Waals surface area contributed by atoms with Crippen molar-refractivity contribution < 1.29 is 18.8 Å². The summed E-state index contributed by atoms with van der Waals surface area (Å²) < 4.78 is 24.4. The van der Waals surface area contributed by atoms with Crippen LogP contribution in [0.4, 0.5) is 0 Å². The molecule has 1 aliphatic rings. The molecule has 0 bridgehead atoms. The maximum absolute atomic E-state index is 6.06. The molecule has 7 heteroatoms. The van der Waals surface area contributed by atoms with Crippen LogP contribution in [0, 0.1) is 0 Å². The minimum Gasteiger partial charge on any atom is -0.398 e. The minimum atomic E-state index is -0.402. The van der Waals surface area contributed by atoms with Gasteiger partial charge in [0.1, 0.15) is 0 Å². The third-order valence-electron chi connectivity index (χ3n) is 4.35. The molecule has 118 valence electrons. The van der Waals surface area contributed by atoms with Gasteiger partial charge in [0.25, 0.3) is 0 Å². The molecule has 2 heterocycles. The number of rotatable bonds is 6. The van der Waals surface area contributed by atoms with Crippen LogP contribution in [-0.2, 0) is 25.3 Å². The Kier molecular flexibility index (Phi) is 4.77. The fraction of sp³-hybridized carbons (Fsp3) is 0.786. The van der Waals surface area contributed by atoms with Crippen LogP contribution in [0.15, 0.2) is 12.3 Å². The third-order valence-corrected chi connectivity index (χ3v) is 4.35. The molecule has 0 amide bonds. The topological polar surface area (TPSA) is 54.7 Å². The van der Waals surface area contributed by atoms with Gasteiger partial charge in [0.2, 0.25) is 0 Å². The van der Waals surface area contributed by atoms with Gasteiger partial charge in [0.15, 0.2) is 6.29 Å². The largest absolute Gasteiger partial charge is 0.514 e. The van der Waals surface area contributed by atoms with Crippen molar-refractivity contribution in [3.8, 4) is 0 Å². The van der Waals surface area contributed by atoms with Gasteiger partial charge in [0.05, 0.1) is 16.8 Å². The Morgan fingerprint density at radius 3 is 2.29 bits per heavy atom. The van der Waals surface area contributed by atoms with Crippen LogP contribution in [0.1, 0.15) is 34.1 Å². The van der Waals surface area contributed by atoms with E-state index in [0.29, 0.717) is 13.0 Å². The average molecular weight is 296 g/mol. The number of nitrogens with zero attached hydrogens (tertiary/aromatic N) is 2. The van der Waals surface area contributed by atoms with E-state index in [2.05, 4.69) is 5.10 Å². The van der Waals surface area contributed by atoms with Gasteiger partial charge in [-0.25, -0.2) is 0 Å². The molecule has 0 radical (unpaired) electrons. The standard InChI is InChI=1S/C14H25BN2O4/c1-13(2)14(3,4)21-15(20-13)11-7-9-16-17(11)10-8-12(18-5)19-6/h7,9,12H,8,10H2,1-6H3. The van der Waals surface area contributed by atoms with Gasteiger partial charge in [-0.1, -0.05) is 0 Å². The molecule has 0 unspecified atom stereocenters. The van der Waals surface area contributed by atoms with Gasteiger partial charge in [-0.05, 0) is 33.8 Å². The lowest BCUT2D eigenvalue weighted by molar-refractivity contribution is -0.108. The van der Waals surface area contributed by atoms with Crippen molar-refractivity contribution in [1.82, 2.24) is 9.78 Å². The highest BCUT2D eigenvalue weighted by Crippen LogP contribution is 2.36. The molecular formula is C14H25BN2O4. The quantitative estimate of drug-likeness (QED) is 0.583. The van der Waals surface area contributed by atoms with Crippen molar-refractivity contribution >= 4 is 12.7 Å². The molecule has 1 saturated heterocycles. The molecular weight excluding hydrogens is 271 g/mol. The first-order chi connectivity index (χ1) is 9.80. The highest BCUT2D eigenvalue weighted by Gasteiger charge is 2.52. The highest BCUT2D eigenvalue weighted by atomic mass is 16.7. The van der Waals surface area contributed by atoms with Crippen LogP contribution in [0.3, 0.4) is 0 Å². The molecule has 1 fully saturated rings. The second kappa shape index (κ2) is 6.08. The Labute approximate surface area is 126 Å². The van der Waals surface area contributed by atoms with Gasteiger partial charge >= 0.3 is 7.12 Å². The molecule has 0 saturated carbocycles. The van der Waals surface area contributed by atoms with Crippen LogP contribution in [0.5, 0.6) is 0 Å². The van der Waals surface area contributed by atoms with E-state index < -0.39 is 7.12 Å². The average Bonchev–Trinajstić information content (AvgIpc) is 2.94. The van der Waals surface area contributed by atoms with Crippen LogP contribution in [0.2, 0.25) is 0 Å². The zero-order valence-electron chi connectivity index (χ0n) is 13.8. The van der Waals surface area contributed by atoms with Gasteiger partial charge < -0.3 is 18.8 Å². The Balaban J connectivity index is 2.08. The normalized spacial score (nSPS) is 20.4. The highest BCUT2D eigenvalue weighted by molar-refractivity contribution is 6.61. The van der Waals surface area contributed by atoms with Crippen LogP contribution < -0.4 is 5.59 Å².